The first-order chi connectivity index (χ1) is 12.1. The lowest BCUT2D eigenvalue weighted by atomic mass is 9.77. The topological polar surface area (TPSA) is 118 Å². The lowest BCUT2D eigenvalue weighted by Gasteiger charge is -2.41. The fourth-order valence-corrected chi connectivity index (χ4v) is 3.89. The highest BCUT2D eigenvalue weighted by molar-refractivity contribution is 5.45. The molecular weight excluding hydrogens is 320 g/mol. The van der Waals surface area contributed by atoms with E-state index in [1.807, 2.05) is 19.2 Å². The van der Waals surface area contributed by atoms with Crippen molar-refractivity contribution in [2.45, 2.75) is 38.0 Å². The molecule has 1 atom stereocenters. The van der Waals surface area contributed by atoms with E-state index in [1.54, 1.807) is 6.20 Å². The normalized spacial score (nSPS) is 21.4. The largest absolute Gasteiger partial charge is 0.483 e. The van der Waals surface area contributed by atoms with E-state index in [0.717, 1.165) is 44.0 Å². The number of hydrogen-bond acceptors (Lipinski definition) is 7. The zero-order valence-corrected chi connectivity index (χ0v) is 14.2. The zero-order chi connectivity index (χ0) is 17.9. The van der Waals surface area contributed by atoms with Gasteiger partial charge in [0.25, 0.3) is 6.47 Å². The molecule has 2 aromatic rings. The van der Waals surface area contributed by atoms with Crippen LogP contribution in [-0.2, 0) is 16.6 Å². The van der Waals surface area contributed by atoms with E-state index in [-0.39, 0.29) is 11.9 Å². The predicted molar refractivity (Wildman–Crippen MR) is 93.4 cm³/mol. The maximum atomic E-state index is 8.36. The number of hydrogen-bond donors (Lipinski definition) is 2. The third kappa shape index (κ3) is 3.38. The molecule has 4 rings (SSSR count). The zero-order valence-electron chi connectivity index (χ0n) is 14.2. The molecule has 0 saturated carbocycles. The highest BCUT2D eigenvalue weighted by Gasteiger charge is 2.43. The number of nitrogens with two attached hydrogens (primary N) is 1. The quantitative estimate of drug-likeness (QED) is 0.745. The van der Waals surface area contributed by atoms with Crippen LogP contribution in [-0.4, -0.2) is 44.6 Å². The summed E-state index contributed by atoms with van der Waals surface area (Å²) < 4.78 is 0. The number of nitrogens with zero attached hydrogens (tertiary/aromatic N) is 5. The third-order valence-electron chi connectivity index (χ3n) is 4.92. The lowest BCUT2D eigenvalue weighted by Crippen LogP contribution is -2.46. The summed E-state index contributed by atoms with van der Waals surface area (Å²) in [5, 5.41) is 6.89. The van der Waals surface area contributed by atoms with Gasteiger partial charge in [-0.05, 0) is 44.2 Å². The number of rotatable bonds is 1. The van der Waals surface area contributed by atoms with Gasteiger partial charge in [-0.15, -0.1) is 0 Å². The second-order valence-electron chi connectivity index (χ2n) is 6.47. The Balaban J connectivity index is 0.000000569. The molecular formula is C17H22N6O2. The molecule has 0 radical (unpaired) electrons. The second-order valence-corrected chi connectivity index (χ2v) is 6.47. The van der Waals surface area contributed by atoms with Crippen LogP contribution >= 0.6 is 0 Å². The summed E-state index contributed by atoms with van der Waals surface area (Å²) in [4.78, 5) is 28.2. The highest BCUT2D eigenvalue weighted by Crippen LogP contribution is 2.44. The Morgan fingerprint density at radius 2 is 2.12 bits per heavy atom. The van der Waals surface area contributed by atoms with E-state index >= 15 is 0 Å². The summed E-state index contributed by atoms with van der Waals surface area (Å²) >= 11 is 0. The first kappa shape index (κ1) is 17.1. The van der Waals surface area contributed by atoms with Crippen LogP contribution in [0, 0.1) is 6.92 Å². The van der Waals surface area contributed by atoms with Crippen LogP contribution in [0.5, 0.6) is 0 Å². The molecule has 0 aromatic carbocycles. The minimum atomic E-state index is -0.250. The standard InChI is InChI=1S/C16H20N6.CH2O2/c1-11-19-9-12-3-6-16(14(12)20-11)5-2-8-22(10-16)13-4-7-18-15(17)21-13;2-1-3/h4,7,9H,2-3,5-6,8,10H2,1H3,(H2,17,18,21);1H,(H,2,3). The first-order valence-electron chi connectivity index (χ1n) is 8.32. The van der Waals surface area contributed by atoms with Crippen LogP contribution < -0.4 is 10.6 Å². The monoisotopic (exact) mass is 342 g/mol. The average Bonchev–Trinajstić information content (AvgIpc) is 2.93. The molecule has 132 valence electrons. The van der Waals surface area contributed by atoms with Gasteiger partial charge in [0.15, 0.2) is 0 Å². The third-order valence-corrected chi connectivity index (χ3v) is 4.92. The molecule has 3 N–H and O–H groups in total. The molecule has 1 spiro atoms. The molecule has 2 aliphatic rings. The Labute approximate surface area is 146 Å². The molecule has 8 nitrogen and oxygen atoms in total. The summed E-state index contributed by atoms with van der Waals surface area (Å²) in [6, 6.07) is 1.94. The number of fused-ring (bicyclic) bond motifs is 2. The summed E-state index contributed by atoms with van der Waals surface area (Å²) in [6.07, 6.45) is 8.30. The summed E-state index contributed by atoms with van der Waals surface area (Å²) in [6.45, 7) is 3.68. The highest BCUT2D eigenvalue weighted by atomic mass is 16.3. The van der Waals surface area contributed by atoms with Crippen LogP contribution in [0.4, 0.5) is 11.8 Å². The molecule has 1 aliphatic heterocycles. The number of anilines is 2. The van der Waals surface area contributed by atoms with E-state index in [4.69, 9.17) is 20.6 Å². The van der Waals surface area contributed by atoms with Gasteiger partial charge in [-0.1, -0.05) is 0 Å². The Kier molecular flexibility index (Phi) is 4.78. The number of aryl methyl sites for hydroxylation is 2. The molecule has 1 unspecified atom stereocenters. The maximum absolute atomic E-state index is 8.36. The lowest BCUT2D eigenvalue weighted by molar-refractivity contribution is -0.122. The molecule has 3 heterocycles. The number of piperidine rings is 1. The fourth-order valence-electron chi connectivity index (χ4n) is 3.89. The van der Waals surface area contributed by atoms with Crippen LogP contribution in [0.1, 0.15) is 36.3 Å². The Bertz CT molecular complexity index is 765. The average molecular weight is 342 g/mol. The van der Waals surface area contributed by atoms with Gasteiger partial charge < -0.3 is 15.7 Å². The molecule has 2 aromatic heterocycles. The second kappa shape index (κ2) is 7.00. The van der Waals surface area contributed by atoms with Crippen molar-refractivity contribution in [2.24, 2.45) is 0 Å². The van der Waals surface area contributed by atoms with Gasteiger partial charge >= 0.3 is 0 Å². The van der Waals surface area contributed by atoms with E-state index in [1.165, 1.54) is 17.7 Å². The Morgan fingerprint density at radius 1 is 1.32 bits per heavy atom. The van der Waals surface area contributed by atoms with Crippen molar-refractivity contribution in [3.8, 4) is 0 Å². The summed E-state index contributed by atoms with van der Waals surface area (Å²) in [7, 11) is 0. The predicted octanol–water partition coefficient (Wildman–Crippen LogP) is 1.34. The van der Waals surface area contributed by atoms with Crippen LogP contribution in [0.25, 0.3) is 0 Å². The number of carboxylic acid groups (broad SMARTS) is 1. The minimum absolute atomic E-state index is 0.140. The van der Waals surface area contributed by atoms with Gasteiger partial charge in [-0.25, -0.2) is 15.0 Å². The van der Waals surface area contributed by atoms with Crippen LogP contribution in [0.3, 0.4) is 0 Å². The van der Waals surface area contributed by atoms with Crippen molar-refractivity contribution in [3.63, 3.8) is 0 Å². The first-order valence-corrected chi connectivity index (χ1v) is 8.32. The Hall–Kier alpha value is -2.77. The number of nitrogen functional groups attached to an aromatic ring is 1. The van der Waals surface area contributed by atoms with Crippen LogP contribution in [0.2, 0.25) is 0 Å². The molecule has 8 heteroatoms. The fraction of sp³-hybridized carbons (Fsp3) is 0.471. The SMILES string of the molecule is Cc1ncc2c(n1)C1(CCCN(c3ccnc(N)n3)C1)CC2.O=CO. The van der Waals surface area contributed by atoms with Gasteiger partial charge in [-0.3, -0.25) is 4.79 Å². The van der Waals surface area contributed by atoms with Gasteiger partial charge in [-0.2, -0.15) is 4.98 Å². The van der Waals surface area contributed by atoms with E-state index in [2.05, 4.69) is 19.9 Å². The van der Waals surface area contributed by atoms with E-state index < -0.39 is 0 Å². The number of aromatic nitrogens is 4. The molecule has 1 saturated heterocycles. The minimum Gasteiger partial charge on any atom is -0.483 e. The van der Waals surface area contributed by atoms with Gasteiger partial charge in [0.2, 0.25) is 5.95 Å². The summed E-state index contributed by atoms with van der Waals surface area (Å²) in [5.41, 5.74) is 8.45. The van der Waals surface area contributed by atoms with E-state index in [0.29, 0.717) is 5.95 Å². The maximum Gasteiger partial charge on any atom is 0.290 e. The van der Waals surface area contributed by atoms with Crippen molar-refractivity contribution in [1.29, 1.82) is 0 Å². The molecule has 1 aliphatic carbocycles. The smallest absolute Gasteiger partial charge is 0.290 e. The van der Waals surface area contributed by atoms with Crippen molar-refractivity contribution >= 4 is 18.2 Å². The molecule has 25 heavy (non-hydrogen) atoms. The molecule has 0 amide bonds. The molecule has 0 bridgehead atoms. The molecule has 1 fully saturated rings. The van der Waals surface area contributed by atoms with Gasteiger partial charge in [0, 0.05) is 30.9 Å². The Morgan fingerprint density at radius 3 is 2.88 bits per heavy atom. The number of carbonyl (C=O) groups is 1. The van der Waals surface area contributed by atoms with Crippen LogP contribution in [0.15, 0.2) is 18.5 Å². The van der Waals surface area contributed by atoms with Gasteiger partial charge in [0.1, 0.15) is 11.6 Å². The van der Waals surface area contributed by atoms with Crippen molar-refractivity contribution in [1.82, 2.24) is 19.9 Å². The summed E-state index contributed by atoms with van der Waals surface area (Å²) in [5.74, 6) is 2.12. The van der Waals surface area contributed by atoms with Crippen molar-refractivity contribution in [3.05, 3.63) is 35.5 Å². The van der Waals surface area contributed by atoms with Crippen molar-refractivity contribution < 1.29 is 9.90 Å². The van der Waals surface area contributed by atoms with Crippen molar-refractivity contribution in [2.75, 3.05) is 23.7 Å². The van der Waals surface area contributed by atoms with E-state index in [9.17, 15) is 0 Å². The van der Waals surface area contributed by atoms with Gasteiger partial charge in [0.05, 0.1) is 5.69 Å².